The fraction of sp³-hybridized carbons (Fsp3) is 0.300. The van der Waals surface area contributed by atoms with Gasteiger partial charge in [0.15, 0.2) is 0 Å². The van der Waals surface area contributed by atoms with Crippen LogP contribution in [-0.4, -0.2) is 16.5 Å². The van der Waals surface area contributed by atoms with Gasteiger partial charge in [-0.3, -0.25) is 0 Å². The van der Waals surface area contributed by atoms with Crippen LogP contribution >= 0.6 is 0 Å². The van der Waals surface area contributed by atoms with E-state index in [0.717, 1.165) is 6.42 Å². The summed E-state index contributed by atoms with van der Waals surface area (Å²) in [4.78, 5) is 13.8. The summed E-state index contributed by atoms with van der Waals surface area (Å²) in [6, 6.07) is 3.19. The molecule has 0 bridgehead atoms. The van der Waals surface area contributed by atoms with Crippen molar-refractivity contribution >= 4 is 11.6 Å². The minimum atomic E-state index is -0.546. The van der Waals surface area contributed by atoms with Crippen LogP contribution in [0, 0.1) is 10.1 Å². The molecule has 1 aromatic rings. The summed E-state index contributed by atoms with van der Waals surface area (Å²) < 4.78 is 5.23. The average molecular weight is 208 g/mol. The Morgan fingerprint density at radius 3 is 3.07 bits per heavy atom. The molecule has 0 amide bonds. The maximum absolute atomic E-state index is 10.6. The number of nitro groups is 1. The van der Waals surface area contributed by atoms with Crippen molar-refractivity contribution in [3.05, 3.63) is 40.6 Å². The zero-order valence-corrected chi connectivity index (χ0v) is 8.47. The number of nitrogens with zero attached hydrogens (tertiary/aromatic N) is 2. The van der Waals surface area contributed by atoms with Crippen LogP contribution in [0.5, 0.6) is 0 Å². The third kappa shape index (κ3) is 2.77. The van der Waals surface area contributed by atoms with Gasteiger partial charge in [0.1, 0.15) is 17.5 Å². The van der Waals surface area contributed by atoms with Crippen LogP contribution in [0.25, 0.3) is 5.76 Å². The van der Waals surface area contributed by atoms with Gasteiger partial charge in [-0.2, -0.15) is 0 Å². The van der Waals surface area contributed by atoms with Crippen molar-refractivity contribution in [2.24, 2.45) is 0 Å². The molecule has 0 atom stereocenters. The maximum Gasteiger partial charge on any atom is 0.374 e. The summed E-state index contributed by atoms with van der Waals surface area (Å²) in [6.07, 6.45) is 2.20. The van der Waals surface area contributed by atoms with Crippen molar-refractivity contribution < 1.29 is 9.66 Å². The Labute approximate surface area is 87.6 Å². The molecule has 0 aliphatic heterocycles. The first-order valence-corrected chi connectivity index (χ1v) is 4.58. The highest BCUT2D eigenvalue weighted by Gasteiger charge is 2.17. The summed E-state index contributed by atoms with van der Waals surface area (Å²) in [6.45, 7) is 6.08. The minimum absolute atomic E-state index is 0.224. The SMILES string of the molecule is C=C(OCCC)c1cccnc1[N+](=O)[O-]. The maximum atomic E-state index is 10.6. The zero-order valence-electron chi connectivity index (χ0n) is 8.47. The third-order valence-corrected chi connectivity index (χ3v) is 1.74. The standard InChI is InChI=1S/C10H12N2O3/c1-3-7-15-8(2)9-5-4-6-11-10(9)12(13)14/h4-6H,2-3,7H2,1H3. The second kappa shape index (κ2) is 5.09. The highest BCUT2D eigenvalue weighted by molar-refractivity contribution is 5.64. The zero-order chi connectivity index (χ0) is 11.3. The van der Waals surface area contributed by atoms with Gasteiger partial charge in [-0.25, -0.2) is 0 Å². The first-order chi connectivity index (χ1) is 7.16. The van der Waals surface area contributed by atoms with Crippen LogP contribution in [0.1, 0.15) is 18.9 Å². The smallest absolute Gasteiger partial charge is 0.374 e. The molecule has 0 unspecified atom stereocenters. The van der Waals surface area contributed by atoms with E-state index in [-0.39, 0.29) is 11.6 Å². The first kappa shape index (κ1) is 11.2. The number of pyridine rings is 1. The third-order valence-electron chi connectivity index (χ3n) is 1.74. The molecule has 0 saturated heterocycles. The van der Waals surface area contributed by atoms with Gasteiger partial charge < -0.3 is 14.9 Å². The topological polar surface area (TPSA) is 65.3 Å². The van der Waals surface area contributed by atoms with E-state index in [1.807, 2.05) is 6.92 Å². The van der Waals surface area contributed by atoms with E-state index in [2.05, 4.69) is 11.6 Å². The van der Waals surface area contributed by atoms with Gasteiger partial charge in [0.25, 0.3) is 0 Å². The summed E-state index contributed by atoms with van der Waals surface area (Å²) in [5.74, 6) is 0.0650. The van der Waals surface area contributed by atoms with Gasteiger partial charge >= 0.3 is 5.82 Å². The van der Waals surface area contributed by atoms with Gasteiger partial charge in [0.2, 0.25) is 0 Å². The second-order valence-electron chi connectivity index (χ2n) is 2.90. The summed E-state index contributed by atoms with van der Waals surface area (Å²) in [5, 5.41) is 10.6. The molecular formula is C10H12N2O3. The Morgan fingerprint density at radius 1 is 1.73 bits per heavy atom. The molecule has 0 N–H and O–H groups in total. The fourth-order valence-corrected chi connectivity index (χ4v) is 1.06. The second-order valence-corrected chi connectivity index (χ2v) is 2.90. The average Bonchev–Trinajstić information content (AvgIpc) is 2.25. The summed E-state index contributed by atoms with van der Waals surface area (Å²) >= 11 is 0. The lowest BCUT2D eigenvalue weighted by Crippen LogP contribution is -1.99. The van der Waals surface area contributed by atoms with E-state index < -0.39 is 4.92 Å². The molecule has 15 heavy (non-hydrogen) atoms. The van der Waals surface area contributed by atoms with Crippen LogP contribution in [-0.2, 0) is 4.74 Å². The molecule has 0 fully saturated rings. The molecule has 0 aliphatic carbocycles. The molecule has 0 radical (unpaired) electrons. The van der Waals surface area contributed by atoms with E-state index in [4.69, 9.17) is 4.74 Å². The van der Waals surface area contributed by atoms with E-state index in [1.165, 1.54) is 6.20 Å². The van der Waals surface area contributed by atoms with E-state index in [9.17, 15) is 10.1 Å². The van der Waals surface area contributed by atoms with Crippen molar-refractivity contribution in [2.45, 2.75) is 13.3 Å². The van der Waals surface area contributed by atoms with Gasteiger partial charge in [-0.1, -0.05) is 13.5 Å². The van der Waals surface area contributed by atoms with Crippen molar-refractivity contribution in [3.63, 3.8) is 0 Å². The van der Waals surface area contributed by atoms with E-state index >= 15 is 0 Å². The lowest BCUT2D eigenvalue weighted by molar-refractivity contribution is -0.389. The molecule has 0 spiro atoms. The van der Waals surface area contributed by atoms with Crippen LogP contribution in [0.15, 0.2) is 24.9 Å². The molecule has 0 saturated carbocycles. The molecule has 0 aromatic carbocycles. The monoisotopic (exact) mass is 208 g/mol. The number of ether oxygens (including phenoxy) is 1. The van der Waals surface area contributed by atoms with Crippen LogP contribution < -0.4 is 0 Å². The number of rotatable bonds is 5. The molecule has 0 aliphatic rings. The van der Waals surface area contributed by atoms with E-state index in [1.54, 1.807) is 12.1 Å². The predicted molar refractivity (Wildman–Crippen MR) is 56.2 cm³/mol. The largest absolute Gasteiger partial charge is 0.493 e. The highest BCUT2D eigenvalue weighted by Crippen LogP contribution is 2.22. The molecule has 5 nitrogen and oxygen atoms in total. The summed E-state index contributed by atoms with van der Waals surface area (Å²) in [7, 11) is 0. The number of aromatic nitrogens is 1. The Kier molecular flexibility index (Phi) is 3.79. The van der Waals surface area contributed by atoms with Crippen LogP contribution in [0.3, 0.4) is 0 Å². The normalized spacial score (nSPS) is 9.67. The van der Waals surface area contributed by atoms with Crippen molar-refractivity contribution in [1.29, 1.82) is 0 Å². The number of hydrogen-bond acceptors (Lipinski definition) is 4. The highest BCUT2D eigenvalue weighted by atomic mass is 16.6. The van der Waals surface area contributed by atoms with E-state index in [0.29, 0.717) is 12.2 Å². The first-order valence-electron chi connectivity index (χ1n) is 4.58. The van der Waals surface area contributed by atoms with Crippen molar-refractivity contribution in [2.75, 3.05) is 6.61 Å². The molecule has 1 rings (SSSR count). The van der Waals surface area contributed by atoms with Crippen molar-refractivity contribution in [3.8, 4) is 0 Å². The van der Waals surface area contributed by atoms with Crippen molar-refractivity contribution in [1.82, 2.24) is 4.98 Å². The lowest BCUT2D eigenvalue weighted by Gasteiger charge is -2.07. The number of hydrogen-bond donors (Lipinski definition) is 0. The van der Waals surface area contributed by atoms with Gasteiger partial charge in [-0.05, 0) is 28.5 Å². The molecule has 5 heteroatoms. The van der Waals surface area contributed by atoms with Crippen LogP contribution in [0.4, 0.5) is 5.82 Å². The predicted octanol–water partition coefficient (Wildman–Crippen LogP) is 2.39. The van der Waals surface area contributed by atoms with Gasteiger partial charge in [0.05, 0.1) is 6.61 Å². The van der Waals surface area contributed by atoms with Gasteiger partial charge in [-0.15, -0.1) is 0 Å². The Bertz CT molecular complexity index is 377. The quantitative estimate of drug-likeness (QED) is 0.423. The lowest BCUT2D eigenvalue weighted by atomic mass is 10.2. The molecule has 80 valence electrons. The molecule has 1 aromatic heterocycles. The Hall–Kier alpha value is -1.91. The summed E-state index contributed by atoms with van der Waals surface area (Å²) in [5.41, 5.74) is 0.330. The minimum Gasteiger partial charge on any atom is -0.493 e. The molecular weight excluding hydrogens is 196 g/mol. The van der Waals surface area contributed by atoms with Crippen LogP contribution in [0.2, 0.25) is 0 Å². The Morgan fingerprint density at radius 2 is 2.47 bits per heavy atom. The fourth-order valence-electron chi connectivity index (χ4n) is 1.06. The molecule has 1 heterocycles. The van der Waals surface area contributed by atoms with Gasteiger partial charge in [0, 0.05) is 0 Å². The Balaban J connectivity index is 2.92.